The lowest BCUT2D eigenvalue weighted by Crippen LogP contribution is -2.34. The highest BCUT2D eigenvalue weighted by Gasteiger charge is 2.34. The maximum absolute atomic E-state index is 12.7. The zero-order valence-electron chi connectivity index (χ0n) is 11.2. The average molecular weight is 283 g/mol. The molecule has 108 valence electrons. The molecule has 1 fully saturated rings. The second-order valence-electron chi connectivity index (χ2n) is 5.08. The van der Waals surface area contributed by atoms with Gasteiger partial charge in [0.05, 0.1) is 5.56 Å². The standard InChI is InChI=1S/C14H16F3N3/c1-20(11-5-3-2-4-6-11)13-10(9-18)7-8-12(19-13)14(15,16)17/h7-8,11H,2-6H2,1H3. The third kappa shape index (κ3) is 3.03. The van der Waals surface area contributed by atoms with Gasteiger partial charge in [-0.05, 0) is 25.0 Å². The molecule has 1 saturated carbocycles. The summed E-state index contributed by atoms with van der Waals surface area (Å²) in [6.45, 7) is 0. The molecule has 0 unspecified atom stereocenters. The Morgan fingerprint density at radius 1 is 1.25 bits per heavy atom. The van der Waals surface area contributed by atoms with E-state index >= 15 is 0 Å². The fourth-order valence-electron chi connectivity index (χ4n) is 2.60. The number of pyridine rings is 1. The number of halogens is 3. The van der Waals surface area contributed by atoms with Crippen molar-refractivity contribution in [2.24, 2.45) is 0 Å². The van der Waals surface area contributed by atoms with Crippen LogP contribution in [-0.2, 0) is 6.18 Å². The lowest BCUT2D eigenvalue weighted by atomic mass is 9.94. The van der Waals surface area contributed by atoms with Gasteiger partial charge >= 0.3 is 6.18 Å². The van der Waals surface area contributed by atoms with Crippen molar-refractivity contribution in [2.75, 3.05) is 11.9 Å². The van der Waals surface area contributed by atoms with Gasteiger partial charge in [0.2, 0.25) is 0 Å². The molecule has 1 aromatic heterocycles. The minimum atomic E-state index is -4.49. The highest BCUT2D eigenvalue weighted by Crippen LogP contribution is 2.32. The molecule has 0 spiro atoms. The first-order valence-corrected chi connectivity index (χ1v) is 6.64. The predicted octanol–water partition coefficient (Wildman–Crippen LogP) is 3.74. The molecule has 1 aliphatic carbocycles. The first kappa shape index (κ1) is 14.6. The molecule has 0 aromatic carbocycles. The smallest absolute Gasteiger partial charge is 0.356 e. The molecule has 0 radical (unpaired) electrons. The van der Waals surface area contributed by atoms with E-state index in [1.165, 1.54) is 6.07 Å². The van der Waals surface area contributed by atoms with Gasteiger partial charge < -0.3 is 4.90 Å². The number of anilines is 1. The van der Waals surface area contributed by atoms with E-state index in [1.807, 2.05) is 6.07 Å². The number of rotatable bonds is 2. The molecule has 3 nitrogen and oxygen atoms in total. The van der Waals surface area contributed by atoms with Crippen LogP contribution in [0.4, 0.5) is 19.0 Å². The summed E-state index contributed by atoms with van der Waals surface area (Å²) in [5.74, 6) is 0.134. The molecule has 2 rings (SSSR count). The van der Waals surface area contributed by atoms with Crippen LogP contribution in [0, 0.1) is 11.3 Å². The molecule has 1 aromatic rings. The van der Waals surface area contributed by atoms with E-state index in [-0.39, 0.29) is 17.4 Å². The minimum Gasteiger partial charge on any atom is -0.356 e. The van der Waals surface area contributed by atoms with Gasteiger partial charge in [-0.3, -0.25) is 0 Å². The fraction of sp³-hybridized carbons (Fsp3) is 0.571. The largest absolute Gasteiger partial charge is 0.433 e. The van der Waals surface area contributed by atoms with E-state index in [1.54, 1.807) is 11.9 Å². The summed E-state index contributed by atoms with van der Waals surface area (Å²) >= 11 is 0. The van der Waals surface area contributed by atoms with E-state index in [9.17, 15) is 13.2 Å². The number of hydrogen-bond donors (Lipinski definition) is 0. The molecule has 0 aliphatic heterocycles. The second kappa shape index (κ2) is 5.70. The molecule has 6 heteroatoms. The van der Waals surface area contributed by atoms with Crippen LogP contribution in [-0.4, -0.2) is 18.1 Å². The number of aromatic nitrogens is 1. The van der Waals surface area contributed by atoms with Crippen LogP contribution in [0.2, 0.25) is 0 Å². The zero-order valence-corrected chi connectivity index (χ0v) is 11.2. The van der Waals surface area contributed by atoms with Crippen molar-refractivity contribution in [3.8, 4) is 6.07 Å². The highest BCUT2D eigenvalue weighted by molar-refractivity contribution is 5.54. The van der Waals surface area contributed by atoms with Gasteiger partial charge in [0, 0.05) is 13.1 Å². The van der Waals surface area contributed by atoms with Gasteiger partial charge in [0.1, 0.15) is 17.6 Å². The van der Waals surface area contributed by atoms with E-state index < -0.39 is 11.9 Å². The lowest BCUT2D eigenvalue weighted by Gasteiger charge is -2.32. The van der Waals surface area contributed by atoms with E-state index in [4.69, 9.17) is 5.26 Å². The van der Waals surface area contributed by atoms with Crippen molar-refractivity contribution in [1.29, 1.82) is 5.26 Å². The molecule has 0 bridgehead atoms. The van der Waals surface area contributed by atoms with Crippen molar-refractivity contribution < 1.29 is 13.2 Å². The maximum Gasteiger partial charge on any atom is 0.433 e. The summed E-state index contributed by atoms with van der Waals surface area (Å²) in [5, 5.41) is 9.06. The average Bonchev–Trinajstić information content (AvgIpc) is 2.45. The van der Waals surface area contributed by atoms with Crippen LogP contribution < -0.4 is 4.90 Å². The van der Waals surface area contributed by atoms with Gasteiger partial charge in [0.25, 0.3) is 0 Å². The maximum atomic E-state index is 12.7. The molecule has 0 N–H and O–H groups in total. The molecule has 20 heavy (non-hydrogen) atoms. The van der Waals surface area contributed by atoms with Crippen molar-refractivity contribution in [3.63, 3.8) is 0 Å². The molecule has 1 aliphatic rings. The van der Waals surface area contributed by atoms with Crippen molar-refractivity contribution >= 4 is 5.82 Å². The molecular weight excluding hydrogens is 267 g/mol. The molecular formula is C14H16F3N3. The normalized spacial score (nSPS) is 16.8. The number of nitrogens with zero attached hydrogens (tertiary/aromatic N) is 3. The third-order valence-corrected chi connectivity index (χ3v) is 3.74. The van der Waals surface area contributed by atoms with Crippen molar-refractivity contribution in [1.82, 2.24) is 4.98 Å². The van der Waals surface area contributed by atoms with Crippen LogP contribution in [0.25, 0.3) is 0 Å². The molecule has 0 amide bonds. The third-order valence-electron chi connectivity index (χ3n) is 3.74. The molecule has 0 saturated heterocycles. The Labute approximate surface area is 116 Å². The topological polar surface area (TPSA) is 39.9 Å². The van der Waals surface area contributed by atoms with Crippen LogP contribution in [0.15, 0.2) is 12.1 Å². The molecule has 1 heterocycles. The molecule has 0 atom stereocenters. The predicted molar refractivity (Wildman–Crippen MR) is 69.2 cm³/mol. The van der Waals surface area contributed by atoms with Gasteiger partial charge in [-0.1, -0.05) is 19.3 Å². The minimum absolute atomic E-state index is 0.134. The lowest BCUT2D eigenvalue weighted by molar-refractivity contribution is -0.141. The van der Waals surface area contributed by atoms with Crippen LogP contribution >= 0.6 is 0 Å². The van der Waals surface area contributed by atoms with Gasteiger partial charge in [0.15, 0.2) is 0 Å². The van der Waals surface area contributed by atoms with Crippen LogP contribution in [0.1, 0.15) is 43.4 Å². The van der Waals surface area contributed by atoms with Crippen molar-refractivity contribution in [2.45, 2.75) is 44.3 Å². The van der Waals surface area contributed by atoms with E-state index in [2.05, 4.69) is 4.98 Å². The summed E-state index contributed by atoms with van der Waals surface area (Å²) in [7, 11) is 1.72. The SMILES string of the molecule is CN(c1nc(C(F)(F)F)ccc1C#N)C1CCCCC1. The quantitative estimate of drug-likeness (QED) is 0.830. The Bertz CT molecular complexity index is 513. The highest BCUT2D eigenvalue weighted by atomic mass is 19.4. The number of nitriles is 1. The summed E-state index contributed by atoms with van der Waals surface area (Å²) < 4.78 is 38.2. The summed E-state index contributed by atoms with van der Waals surface area (Å²) in [5.41, 5.74) is -0.764. The van der Waals surface area contributed by atoms with Gasteiger partial charge in [-0.15, -0.1) is 0 Å². The number of hydrogen-bond acceptors (Lipinski definition) is 3. The monoisotopic (exact) mass is 283 g/mol. The van der Waals surface area contributed by atoms with E-state index in [0.717, 1.165) is 38.2 Å². The Hall–Kier alpha value is -1.77. The summed E-state index contributed by atoms with van der Waals surface area (Å²) in [6, 6.07) is 4.14. The Kier molecular flexibility index (Phi) is 4.17. The van der Waals surface area contributed by atoms with E-state index in [0.29, 0.717) is 0 Å². The summed E-state index contributed by atoms with van der Waals surface area (Å²) in [6.07, 6.45) is 0.659. The number of alkyl halides is 3. The first-order valence-electron chi connectivity index (χ1n) is 6.64. The van der Waals surface area contributed by atoms with Gasteiger partial charge in [-0.2, -0.15) is 18.4 Å². The van der Waals surface area contributed by atoms with Crippen LogP contribution in [0.5, 0.6) is 0 Å². The van der Waals surface area contributed by atoms with Gasteiger partial charge in [-0.25, -0.2) is 4.98 Å². The Morgan fingerprint density at radius 2 is 1.90 bits per heavy atom. The summed E-state index contributed by atoms with van der Waals surface area (Å²) in [4.78, 5) is 5.40. The van der Waals surface area contributed by atoms with Crippen molar-refractivity contribution in [3.05, 3.63) is 23.4 Å². The fourth-order valence-corrected chi connectivity index (χ4v) is 2.60. The Morgan fingerprint density at radius 3 is 2.45 bits per heavy atom. The zero-order chi connectivity index (χ0) is 14.8. The van der Waals surface area contributed by atoms with Crippen LogP contribution in [0.3, 0.4) is 0 Å². The first-order chi connectivity index (χ1) is 9.43. The Balaban J connectivity index is 2.35. The second-order valence-corrected chi connectivity index (χ2v) is 5.08.